The van der Waals surface area contributed by atoms with Crippen molar-refractivity contribution in [3.05, 3.63) is 12.4 Å². The molecule has 4 nitrogen and oxygen atoms in total. The van der Waals surface area contributed by atoms with Crippen molar-refractivity contribution in [3.8, 4) is 0 Å². The van der Waals surface area contributed by atoms with Crippen LogP contribution in [0.25, 0.3) is 0 Å². The van der Waals surface area contributed by atoms with Crippen molar-refractivity contribution in [2.24, 2.45) is 0 Å². The normalized spacial score (nSPS) is 18.9. The fraction of sp³-hybridized carbons (Fsp3) is 0.769. The summed E-state index contributed by atoms with van der Waals surface area (Å²) in [4.78, 5) is 15.6. The van der Waals surface area contributed by atoms with Gasteiger partial charge in [-0.1, -0.05) is 26.7 Å². The van der Waals surface area contributed by atoms with Crippen molar-refractivity contribution in [1.29, 1.82) is 0 Å². The fourth-order valence-corrected chi connectivity index (χ4v) is 1.75. The maximum atomic E-state index is 11.6. The smallest absolute Gasteiger partial charge is 0.309 e. The lowest BCUT2D eigenvalue weighted by Gasteiger charge is -2.29. The summed E-state index contributed by atoms with van der Waals surface area (Å²) >= 11 is 0. The van der Waals surface area contributed by atoms with Crippen LogP contribution < -0.4 is 0 Å². The van der Waals surface area contributed by atoms with Crippen molar-refractivity contribution >= 4 is 5.97 Å². The molecule has 0 bridgehead atoms. The molecule has 0 saturated carbocycles. The van der Waals surface area contributed by atoms with Crippen LogP contribution in [0.1, 0.15) is 46.0 Å². The third-order valence-corrected chi connectivity index (χ3v) is 2.87. The van der Waals surface area contributed by atoms with Crippen LogP contribution in [0.3, 0.4) is 0 Å². The van der Waals surface area contributed by atoms with Gasteiger partial charge in [-0.15, -0.1) is 0 Å². The molecule has 0 aromatic carbocycles. The minimum absolute atomic E-state index is 0.103. The maximum Gasteiger partial charge on any atom is 0.309 e. The third-order valence-electron chi connectivity index (χ3n) is 2.87. The highest BCUT2D eigenvalue weighted by Gasteiger charge is 2.26. The Bertz CT molecular complexity index is 266. The molecule has 0 aromatic heterocycles. The highest BCUT2D eigenvalue weighted by molar-refractivity contribution is 5.69. The van der Waals surface area contributed by atoms with E-state index in [9.17, 15) is 4.79 Å². The Hall–Kier alpha value is -1.19. The van der Waals surface area contributed by atoms with E-state index in [1.165, 1.54) is 0 Å². The number of rotatable bonds is 7. The molecule has 0 spiro atoms. The second-order valence-electron chi connectivity index (χ2n) is 4.47. The van der Waals surface area contributed by atoms with Gasteiger partial charge >= 0.3 is 5.97 Å². The van der Waals surface area contributed by atoms with E-state index in [4.69, 9.17) is 4.74 Å². The third kappa shape index (κ3) is 4.29. The lowest BCUT2D eigenvalue weighted by atomic mass is 10.2. The number of carbonyl (C=O) groups excluding carboxylic acids is 1. The van der Waals surface area contributed by atoms with Gasteiger partial charge < -0.3 is 14.5 Å². The van der Waals surface area contributed by atoms with Gasteiger partial charge in [0, 0.05) is 32.4 Å². The quantitative estimate of drug-likeness (QED) is 0.640. The van der Waals surface area contributed by atoms with Crippen LogP contribution >= 0.6 is 0 Å². The van der Waals surface area contributed by atoms with E-state index in [-0.39, 0.29) is 12.3 Å². The number of nitrogens with zero attached hydrogens (tertiary/aromatic N) is 2. The van der Waals surface area contributed by atoms with Crippen LogP contribution in [0.2, 0.25) is 0 Å². The first-order valence-electron chi connectivity index (χ1n) is 6.54. The van der Waals surface area contributed by atoms with Crippen LogP contribution in [0.4, 0.5) is 0 Å². The Morgan fingerprint density at radius 1 is 1.24 bits per heavy atom. The lowest BCUT2D eigenvalue weighted by Crippen LogP contribution is -2.40. The van der Waals surface area contributed by atoms with Crippen molar-refractivity contribution in [1.82, 2.24) is 9.80 Å². The van der Waals surface area contributed by atoms with Gasteiger partial charge in [0.2, 0.25) is 0 Å². The summed E-state index contributed by atoms with van der Waals surface area (Å²) in [5, 5.41) is 0. The molecule has 0 N–H and O–H groups in total. The standard InChI is InChI=1S/C13H24N2O2/c1-4-6-8-12(16)17-13-14(3)10-11-15(13)9-7-5-2/h10-11,13H,4-9H2,1-3H3. The molecule has 4 heteroatoms. The Balaban J connectivity index is 2.40. The molecule has 1 atom stereocenters. The van der Waals surface area contributed by atoms with Gasteiger partial charge in [-0.05, 0) is 12.8 Å². The number of hydrogen-bond acceptors (Lipinski definition) is 4. The maximum absolute atomic E-state index is 11.6. The van der Waals surface area contributed by atoms with Crippen molar-refractivity contribution in [2.75, 3.05) is 13.6 Å². The van der Waals surface area contributed by atoms with Gasteiger partial charge in [0.25, 0.3) is 6.35 Å². The predicted octanol–water partition coefficient (Wildman–Crippen LogP) is 2.52. The molecular formula is C13H24N2O2. The summed E-state index contributed by atoms with van der Waals surface area (Å²) in [7, 11) is 1.93. The van der Waals surface area contributed by atoms with Crippen molar-refractivity contribution in [2.45, 2.75) is 52.3 Å². The molecule has 1 rings (SSSR count). The van der Waals surface area contributed by atoms with Crippen LogP contribution in [0, 0.1) is 0 Å². The second-order valence-corrected chi connectivity index (χ2v) is 4.47. The van der Waals surface area contributed by atoms with Gasteiger partial charge in [-0.25, -0.2) is 0 Å². The van der Waals surface area contributed by atoms with Crippen molar-refractivity contribution < 1.29 is 9.53 Å². The molecule has 1 aliphatic rings. The number of carbonyl (C=O) groups is 1. The topological polar surface area (TPSA) is 32.8 Å². The minimum Gasteiger partial charge on any atom is -0.422 e. The Morgan fingerprint density at radius 2 is 1.94 bits per heavy atom. The zero-order valence-corrected chi connectivity index (χ0v) is 11.2. The SMILES string of the molecule is CCCCC(=O)OC1N(C)C=CN1CCCC. The largest absolute Gasteiger partial charge is 0.422 e. The zero-order valence-electron chi connectivity index (χ0n) is 11.2. The highest BCUT2D eigenvalue weighted by atomic mass is 16.6. The van der Waals surface area contributed by atoms with Gasteiger partial charge in [-0.2, -0.15) is 0 Å². The van der Waals surface area contributed by atoms with Gasteiger partial charge in [0.15, 0.2) is 0 Å². The van der Waals surface area contributed by atoms with Gasteiger partial charge in [0.05, 0.1) is 0 Å². The monoisotopic (exact) mass is 240 g/mol. The molecule has 98 valence electrons. The first-order valence-corrected chi connectivity index (χ1v) is 6.54. The highest BCUT2D eigenvalue weighted by Crippen LogP contribution is 2.16. The van der Waals surface area contributed by atoms with Gasteiger partial charge in [0.1, 0.15) is 0 Å². The number of esters is 1. The number of unbranched alkanes of at least 4 members (excludes halogenated alkanes) is 2. The number of hydrogen-bond donors (Lipinski definition) is 0. The average Bonchev–Trinajstić information content (AvgIpc) is 2.66. The van der Waals surface area contributed by atoms with Crippen LogP contribution in [0.5, 0.6) is 0 Å². The second kappa shape index (κ2) is 7.20. The molecular weight excluding hydrogens is 216 g/mol. The Morgan fingerprint density at radius 3 is 2.59 bits per heavy atom. The molecule has 0 fully saturated rings. The molecule has 0 aliphatic carbocycles. The first kappa shape index (κ1) is 13.9. The summed E-state index contributed by atoms with van der Waals surface area (Å²) in [6.07, 6.45) is 8.39. The molecule has 0 amide bonds. The molecule has 1 heterocycles. The Kier molecular flexibility index (Phi) is 5.87. The fourth-order valence-electron chi connectivity index (χ4n) is 1.75. The van der Waals surface area contributed by atoms with E-state index in [2.05, 4.69) is 18.7 Å². The van der Waals surface area contributed by atoms with Crippen LogP contribution in [-0.2, 0) is 9.53 Å². The summed E-state index contributed by atoms with van der Waals surface area (Å²) in [5.74, 6) is -0.103. The van der Waals surface area contributed by atoms with Crippen molar-refractivity contribution in [3.63, 3.8) is 0 Å². The van der Waals surface area contributed by atoms with E-state index >= 15 is 0 Å². The molecule has 0 saturated heterocycles. The zero-order chi connectivity index (χ0) is 12.7. The molecule has 1 unspecified atom stereocenters. The van der Waals surface area contributed by atoms with E-state index in [0.717, 1.165) is 32.2 Å². The van der Waals surface area contributed by atoms with E-state index < -0.39 is 0 Å². The summed E-state index contributed by atoms with van der Waals surface area (Å²) in [6, 6.07) is 0. The van der Waals surface area contributed by atoms with Crippen LogP contribution in [0.15, 0.2) is 12.4 Å². The lowest BCUT2D eigenvalue weighted by molar-refractivity contribution is -0.167. The molecule has 0 aromatic rings. The average molecular weight is 240 g/mol. The first-order chi connectivity index (χ1) is 8.19. The predicted molar refractivity (Wildman–Crippen MR) is 67.9 cm³/mol. The van der Waals surface area contributed by atoms with E-state index in [0.29, 0.717) is 6.42 Å². The van der Waals surface area contributed by atoms with Crippen LogP contribution in [-0.4, -0.2) is 35.7 Å². The van der Waals surface area contributed by atoms with E-state index in [1.807, 2.05) is 24.3 Å². The summed E-state index contributed by atoms with van der Waals surface area (Å²) in [6.45, 7) is 5.17. The molecule has 0 radical (unpaired) electrons. The summed E-state index contributed by atoms with van der Waals surface area (Å²) in [5.41, 5.74) is 0. The Labute approximate surface area is 104 Å². The number of ether oxygens (including phenoxy) is 1. The van der Waals surface area contributed by atoms with Gasteiger partial charge in [-0.3, -0.25) is 4.79 Å². The minimum atomic E-state index is -0.245. The summed E-state index contributed by atoms with van der Waals surface area (Å²) < 4.78 is 5.49. The van der Waals surface area contributed by atoms with E-state index in [1.54, 1.807) is 0 Å². The molecule has 17 heavy (non-hydrogen) atoms. The molecule has 1 aliphatic heterocycles.